The molecule has 2 aliphatic heterocycles. The molecule has 282 valence electrons. The Labute approximate surface area is 317 Å². The molecule has 3 N–H and O–H groups in total. The van der Waals surface area contributed by atoms with E-state index in [1.54, 1.807) is 18.2 Å². The molecule has 3 aromatic heterocycles. The molecule has 5 heterocycles. The lowest BCUT2D eigenvalue weighted by molar-refractivity contribution is 0.0904. The van der Waals surface area contributed by atoms with E-state index in [0.29, 0.717) is 32.7 Å². The summed E-state index contributed by atoms with van der Waals surface area (Å²) >= 11 is 0. The van der Waals surface area contributed by atoms with Gasteiger partial charge in [-0.05, 0) is 79.8 Å². The Hall–Kier alpha value is -5.17. The summed E-state index contributed by atoms with van der Waals surface area (Å²) in [5.41, 5.74) is 8.49. The van der Waals surface area contributed by atoms with Crippen LogP contribution in [0.1, 0.15) is 70.1 Å². The van der Waals surface area contributed by atoms with Crippen molar-refractivity contribution in [1.29, 1.82) is 0 Å². The lowest BCUT2D eigenvalue weighted by atomic mass is 10.0. The van der Waals surface area contributed by atoms with Crippen molar-refractivity contribution in [2.45, 2.75) is 65.3 Å². The normalized spacial score (nSPS) is 15.7. The highest BCUT2D eigenvalue weighted by Crippen LogP contribution is 2.31. The van der Waals surface area contributed by atoms with E-state index >= 15 is 0 Å². The van der Waals surface area contributed by atoms with Crippen LogP contribution in [0.2, 0.25) is 0 Å². The van der Waals surface area contributed by atoms with Crippen molar-refractivity contribution in [2.75, 3.05) is 51.8 Å². The van der Waals surface area contributed by atoms with Gasteiger partial charge in [0.05, 0.1) is 17.3 Å². The summed E-state index contributed by atoms with van der Waals surface area (Å²) in [6.45, 7) is 12.1. The number of benzene rings is 2. The Morgan fingerprint density at radius 2 is 1.46 bits per heavy atom. The maximum Gasteiger partial charge on any atom is 0.270 e. The second-order valence-electron chi connectivity index (χ2n) is 14.2. The van der Waals surface area contributed by atoms with Crippen LogP contribution in [0.4, 0.5) is 5.69 Å². The molecular formula is C42H51N9O3. The molecule has 2 fully saturated rings. The van der Waals surface area contributed by atoms with Crippen LogP contribution in [-0.4, -0.2) is 93.8 Å². The van der Waals surface area contributed by atoms with Gasteiger partial charge in [0.2, 0.25) is 0 Å². The van der Waals surface area contributed by atoms with Gasteiger partial charge in [0.25, 0.3) is 11.8 Å². The van der Waals surface area contributed by atoms with Gasteiger partial charge in [0.15, 0.2) is 5.65 Å². The Balaban J connectivity index is 1.00. The van der Waals surface area contributed by atoms with Crippen molar-refractivity contribution >= 4 is 28.5 Å². The topological polar surface area (TPSA) is 130 Å². The third-order valence-electron chi connectivity index (χ3n) is 10.5. The van der Waals surface area contributed by atoms with Crippen molar-refractivity contribution in [1.82, 2.24) is 40.2 Å². The minimum absolute atomic E-state index is 0.172. The highest BCUT2D eigenvalue weighted by molar-refractivity contribution is 5.97. The van der Waals surface area contributed by atoms with E-state index < -0.39 is 0 Å². The molecule has 0 aliphatic carbocycles. The van der Waals surface area contributed by atoms with Crippen molar-refractivity contribution < 1.29 is 14.3 Å². The van der Waals surface area contributed by atoms with Crippen LogP contribution in [0.15, 0.2) is 72.9 Å². The predicted octanol–water partition coefficient (Wildman–Crippen LogP) is 5.27. The molecule has 2 aliphatic rings. The number of rotatable bonds is 13. The molecule has 0 saturated carbocycles. The minimum atomic E-state index is -0.365. The average Bonchev–Trinajstić information content (AvgIpc) is 3.63. The zero-order valence-electron chi connectivity index (χ0n) is 31.6. The van der Waals surface area contributed by atoms with Crippen molar-refractivity contribution in [3.05, 3.63) is 107 Å². The first-order valence-electron chi connectivity index (χ1n) is 19.2. The van der Waals surface area contributed by atoms with E-state index in [9.17, 15) is 9.59 Å². The number of aryl methyl sites for hydroxylation is 2. The fourth-order valence-electron chi connectivity index (χ4n) is 7.29. The van der Waals surface area contributed by atoms with E-state index in [4.69, 9.17) is 9.72 Å². The fraction of sp³-hybridized carbons (Fsp3) is 0.405. The summed E-state index contributed by atoms with van der Waals surface area (Å²) in [5, 5.41) is 15.3. The highest BCUT2D eigenvalue weighted by atomic mass is 16.5. The van der Waals surface area contributed by atoms with Gasteiger partial charge in [0, 0.05) is 82.9 Å². The molecule has 12 nitrogen and oxygen atoms in total. The van der Waals surface area contributed by atoms with Gasteiger partial charge in [-0.1, -0.05) is 49.4 Å². The monoisotopic (exact) mass is 729 g/mol. The second kappa shape index (κ2) is 17.3. The molecule has 0 unspecified atom stereocenters. The van der Waals surface area contributed by atoms with E-state index in [-0.39, 0.29) is 35.8 Å². The zero-order chi connectivity index (χ0) is 37.4. The Kier molecular flexibility index (Phi) is 11.9. The Morgan fingerprint density at radius 3 is 2.15 bits per heavy atom. The van der Waals surface area contributed by atoms with Crippen molar-refractivity contribution in [3.8, 4) is 11.1 Å². The number of likely N-dealkylation sites (N-methyl/N-ethyl adjacent to an activating group) is 1. The van der Waals surface area contributed by atoms with Crippen LogP contribution in [-0.2, 0) is 37.3 Å². The SMILES string of the molecule is CCc1nc2c(cnn2CC)c(NC2CCOCC2)c1CNC(=O)c1cccc(C(=O)NCc2cccc(-c3cccc(CN4CCN(C)CC4)c3)c2)n1. The number of nitrogens with zero attached hydrogens (tertiary/aromatic N) is 6. The second-order valence-corrected chi connectivity index (χ2v) is 14.2. The number of piperazine rings is 1. The number of anilines is 1. The van der Waals surface area contributed by atoms with Gasteiger partial charge in [-0.15, -0.1) is 0 Å². The third kappa shape index (κ3) is 8.78. The number of fused-ring (bicyclic) bond motifs is 1. The number of pyridine rings is 2. The van der Waals surface area contributed by atoms with E-state index in [1.807, 2.05) is 23.0 Å². The largest absolute Gasteiger partial charge is 0.381 e. The first-order chi connectivity index (χ1) is 26.4. The fourth-order valence-corrected chi connectivity index (χ4v) is 7.29. The van der Waals surface area contributed by atoms with Crippen molar-refractivity contribution in [3.63, 3.8) is 0 Å². The van der Waals surface area contributed by atoms with E-state index in [0.717, 1.165) is 90.2 Å². The van der Waals surface area contributed by atoms with Crippen LogP contribution < -0.4 is 16.0 Å². The quantitative estimate of drug-likeness (QED) is 0.148. The smallest absolute Gasteiger partial charge is 0.270 e. The predicted molar refractivity (Wildman–Crippen MR) is 211 cm³/mol. The number of hydrogen-bond donors (Lipinski definition) is 3. The van der Waals surface area contributed by atoms with Gasteiger partial charge in [-0.25, -0.2) is 14.6 Å². The maximum atomic E-state index is 13.5. The molecule has 54 heavy (non-hydrogen) atoms. The van der Waals surface area contributed by atoms with Crippen molar-refractivity contribution in [2.24, 2.45) is 0 Å². The van der Waals surface area contributed by atoms with Gasteiger partial charge < -0.3 is 25.6 Å². The molecule has 2 saturated heterocycles. The summed E-state index contributed by atoms with van der Waals surface area (Å²) in [7, 11) is 2.18. The maximum absolute atomic E-state index is 13.5. The number of amides is 2. The molecule has 5 aromatic rings. The Morgan fingerprint density at radius 1 is 0.815 bits per heavy atom. The Bertz CT molecular complexity index is 2080. The summed E-state index contributed by atoms with van der Waals surface area (Å²) in [5.74, 6) is -0.710. The van der Waals surface area contributed by atoms with E-state index in [2.05, 4.69) is 93.1 Å². The zero-order valence-corrected chi connectivity index (χ0v) is 31.6. The van der Waals surface area contributed by atoms with Crippen LogP contribution in [0.5, 0.6) is 0 Å². The molecule has 0 atom stereocenters. The van der Waals surface area contributed by atoms with Crippen LogP contribution in [0.3, 0.4) is 0 Å². The number of carbonyl (C=O) groups is 2. The van der Waals surface area contributed by atoms with Gasteiger partial charge in [-0.3, -0.25) is 14.5 Å². The highest BCUT2D eigenvalue weighted by Gasteiger charge is 2.23. The van der Waals surface area contributed by atoms with Gasteiger partial charge in [-0.2, -0.15) is 5.10 Å². The molecular weight excluding hydrogens is 679 g/mol. The van der Waals surface area contributed by atoms with Crippen LogP contribution >= 0.6 is 0 Å². The molecule has 2 aromatic carbocycles. The van der Waals surface area contributed by atoms with Gasteiger partial charge >= 0.3 is 0 Å². The van der Waals surface area contributed by atoms with Gasteiger partial charge in [0.1, 0.15) is 11.4 Å². The molecule has 0 spiro atoms. The standard InChI is InChI=1S/C42H51N9O3/c1-4-36-34(39(46-33-15-21-54-22-16-33)35-27-45-51(5-2)40(35)48-36)26-44-42(53)38-14-8-13-37(47-38)41(52)43-25-29-9-6-11-31(23-29)32-12-7-10-30(24-32)28-50-19-17-49(3)18-20-50/h6-14,23-24,27,33H,4-5,15-22,25-26,28H2,1-3H3,(H,43,52)(H,44,53)(H,46,48). The molecule has 7 rings (SSSR count). The third-order valence-corrected chi connectivity index (χ3v) is 10.5. The number of hydrogen-bond acceptors (Lipinski definition) is 9. The summed E-state index contributed by atoms with van der Waals surface area (Å²) < 4.78 is 7.50. The van der Waals surface area contributed by atoms with Crippen LogP contribution in [0, 0.1) is 0 Å². The summed E-state index contributed by atoms with van der Waals surface area (Å²) in [6, 6.07) is 22.1. The number of aromatic nitrogens is 4. The first kappa shape index (κ1) is 37.2. The lowest BCUT2D eigenvalue weighted by Crippen LogP contribution is -2.43. The van der Waals surface area contributed by atoms with E-state index in [1.165, 1.54) is 5.56 Å². The number of nitrogens with one attached hydrogen (secondary N) is 3. The number of ether oxygens (including phenoxy) is 1. The molecule has 2 amide bonds. The van der Waals surface area contributed by atoms with Crippen LogP contribution in [0.25, 0.3) is 22.2 Å². The molecule has 12 heteroatoms. The molecule has 0 bridgehead atoms. The minimum Gasteiger partial charge on any atom is -0.381 e. The first-order valence-corrected chi connectivity index (χ1v) is 19.2. The summed E-state index contributed by atoms with van der Waals surface area (Å²) in [6.07, 6.45) is 4.34. The molecule has 0 radical (unpaired) electrons. The summed E-state index contributed by atoms with van der Waals surface area (Å²) in [4.78, 5) is 41.1. The lowest BCUT2D eigenvalue weighted by Gasteiger charge is -2.32. The average molecular weight is 730 g/mol. The number of carbonyl (C=O) groups excluding carboxylic acids is 2.